The number of amidine groups is 1. The number of nitrogens with one attached hydrogen (secondary N) is 1. The summed E-state index contributed by atoms with van der Waals surface area (Å²) in [6.45, 7) is 1.86. The van der Waals surface area contributed by atoms with Gasteiger partial charge in [0.05, 0.1) is 24.8 Å². The largest absolute Gasteiger partial charge is 0.497 e. The molecule has 2 amide bonds. The minimum absolute atomic E-state index is 0.0590. The standard InChI is InChI=1S/C24H22ClN3O4/c1-15-7-6-12-28-21(15)26-24(23(28)30,27-22(29)18-8-4-5-9-19(18)25)14-16-13-17(31-2)10-11-20(16)32-3/h4-13H,14H2,1-3H3,(H,27,29). The molecular formula is C24H22ClN3O4. The predicted molar refractivity (Wildman–Crippen MR) is 122 cm³/mol. The smallest absolute Gasteiger partial charge is 0.281 e. The first-order valence-corrected chi connectivity index (χ1v) is 10.3. The van der Waals surface area contributed by atoms with E-state index in [9.17, 15) is 9.59 Å². The average molecular weight is 452 g/mol. The average Bonchev–Trinajstić information content (AvgIpc) is 3.06. The first kappa shape index (κ1) is 21.6. The maximum atomic E-state index is 13.6. The molecule has 0 aliphatic carbocycles. The number of nitrogens with zero attached hydrogens (tertiary/aromatic N) is 2. The second-order valence-electron chi connectivity index (χ2n) is 7.45. The number of carbonyl (C=O) groups is 2. The summed E-state index contributed by atoms with van der Waals surface area (Å²) in [6.07, 6.45) is 5.33. The van der Waals surface area contributed by atoms with Gasteiger partial charge in [0.1, 0.15) is 17.3 Å². The molecule has 0 radical (unpaired) electrons. The highest BCUT2D eigenvalue weighted by Crippen LogP contribution is 2.34. The summed E-state index contributed by atoms with van der Waals surface area (Å²) in [4.78, 5) is 33.0. The zero-order valence-electron chi connectivity index (χ0n) is 17.9. The molecule has 8 heteroatoms. The number of amides is 2. The van der Waals surface area contributed by atoms with Crippen molar-refractivity contribution < 1.29 is 19.1 Å². The molecule has 2 aliphatic heterocycles. The normalized spacial score (nSPS) is 19.2. The van der Waals surface area contributed by atoms with E-state index < -0.39 is 11.6 Å². The minimum Gasteiger partial charge on any atom is -0.497 e. The Morgan fingerprint density at radius 3 is 2.66 bits per heavy atom. The monoisotopic (exact) mass is 451 g/mol. The Morgan fingerprint density at radius 1 is 1.19 bits per heavy atom. The van der Waals surface area contributed by atoms with Crippen LogP contribution in [0, 0.1) is 0 Å². The summed E-state index contributed by atoms with van der Waals surface area (Å²) in [5.74, 6) is 0.763. The molecule has 0 fully saturated rings. The number of halogens is 1. The Kier molecular flexibility index (Phi) is 5.76. The lowest BCUT2D eigenvalue weighted by Crippen LogP contribution is -2.55. The summed E-state index contributed by atoms with van der Waals surface area (Å²) < 4.78 is 10.8. The first-order valence-electron chi connectivity index (χ1n) is 9.95. The van der Waals surface area contributed by atoms with Gasteiger partial charge < -0.3 is 14.8 Å². The maximum Gasteiger partial charge on any atom is 0.281 e. The van der Waals surface area contributed by atoms with Crippen LogP contribution in [-0.4, -0.2) is 42.4 Å². The van der Waals surface area contributed by atoms with Crippen molar-refractivity contribution in [3.05, 3.63) is 82.5 Å². The van der Waals surface area contributed by atoms with Crippen LogP contribution < -0.4 is 14.8 Å². The number of fused-ring (bicyclic) bond motifs is 1. The summed E-state index contributed by atoms with van der Waals surface area (Å²) in [6, 6.07) is 11.9. The van der Waals surface area contributed by atoms with Crippen molar-refractivity contribution in [2.75, 3.05) is 14.2 Å². The summed E-state index contributed by atoms with van der Waals surface area (Å²) in [5.41, 5.74) is 0.142. The van der Waals surface area contributed by atoms with Crippen LogP contribution in [0.3, 0.4) is 0 Å². The van der Waals surface area contributed by atoms with Gasteiger partial charge in [-0.2, -0.15) is 0 Å². The van der Waals surface area contributed by atoms with E-state index in [4.69, 9.17) is 26.1 Å². The van der Waals surface area contributed by atoms with Crippen LogP contribution in [0.4, 0.5) is 0 Å². The Balaban J connectivity index is 1.81. The summed E-state index contributed by atoms with van der Waals surface area (Å²) in [5, 5.41) is 3.14. The van der Waals surface area contributed by atoms with Gasteiger partial charge in [0.25, 0.3) is 11.8 Å². The van der Waals surface area contributed by atoms with Crippen molar-refractivity contribution in [3.8, 4) is 11.5 Å². The molecule has 0 saturated carbocycles. The van der Waals surface area contributed by atoms with Gasteiger partial charge in [0.2, 0.25) is 5.66 Å². The van der Waals surface area contributed by atoms with E-state index in [0.717, 1.165) is 5.57 Å². The number of rotatable bonds is 6. The van der Waals surface area contributed by atoms with Crippen molar-refractivity contribution in [1.82, 2.24) is 10.2 Å². The van der Waals surface area contributed by atoms with Crippen LogP contribution in [0.25, 0.3) is 0 Å². The first-order chi connectivity index (χ1) is 15.4. The molecule has 2 aliphatic rings. The molecule has 1 unspecified atom stereocenters. The minimum atomic E-state index is -1.59. The molecule has 0 aromatic heterocycles. The van der Waals surface area contributed by atoms with E-state index in [1.807, 2.05) is 13.0 Å². The van der Waals surface area contributed by atoms with Gasteiger partial charge in [-0.25, -0.2) is 4.99 Å². The third kappa shape index (κ3) is 3.76. The molecule has 2 aromatic carbocycles. The molecule has 0 bridgehead atoms. The zero-order chi connectivity index (χ0) is 22.9. The molecule has 32 heavy (non-hydrogen) atoms. The highest BCUT2D eigenvalue weighted by Gasteiger charge is 2.50. The van der Waals surface area contributed by atoms with E-state index in [-0.39, 0.29) is 22.9 Å². The van der Waals surface area contributed by atoms with Crippen LogP contribution in [0.15, 0.2) is 71.4 Å². The second kappa shape index (κ2) is 8.51. The molecule has 0 saturated heterocycles. The Bertz CT molecular complexity index is 1190. The summed E-state index contributed by atoms with van der Waals surface area (Å²) in [7, 11) is 3.10. The lowest BCUT2D eigenvalue weighted by molar-refractivity contribution is -0.130. The van der Waals surface area contributed by atoms with E-state index >= 15 is 0 Å². The van der Waals surface area contributed by atoms with Gasteiger partial charge in [-0.3, -0.25) is 14.5 Å². The van der Waals surface area contributed by atoms with E-state index in [2.05, 4.69) is 5.32 Å². The van der Waals surface area contributed by atoms with Crippen LogP contribution in [0.5, 0.6) is 11.5 Å². The second-order valence-corrected chi connectivity index (χ2v) is 7.86. The molecule has 0 spiro atoms. The number of ether oxygens (including phenoxy) is 2. The molecule has 1 atom stereocenters. The molecule has 2 heterocycles. The van der Waals surface area contributed by atoms with Crippen LogP contribution in [0.1, 0.15) is 22.8 Å². The van der Waals surface area contributed by atoms with Crippen molar-refractivity contribution in [3.63, 3.8) is 0 Å². The van der Waals surface area contributed by atoms with Gasteiger partial charge in [0, 0.05) is 18.2 Å². The highest BCUT2D eigenvalue weighted by molar-refractivity contribution is 6.34. The zero-order valence-corrected chi connectivity index (χ0v) is 18.6. The lowest BCUT2D eigenvalue weighted by Gasteiger charge is -2.27. The van der Waals surface area contributed by atoms with Crippen molar-refractivity contribution in [1.29, 1.82) is 0 Å². The summed E-state index contributed by atoms with van der Waals surface area (Å²) >= 11 is 6.23. The van der Waals surface area contributed by atoms with Crippen LogP contribution in [0.2, 0.25) is 5.02 Å². The van der Waals surface area contributed by atoms with Gasteiger partial charge in [-0.15, -0.1) is 0 Å². The van der Waals surface area contributed by atoms with Gasteiger partial charge in [0.15, 0.2) is 0 Å². The van der Waals surface area contributed by atoms with E-state index in [1.54, 1.807) is 69.0 Å². The van der Waals surface area contributed by atoms with Crippen LogP contribution >= 0.6 is 11.6 Å². The molecule has 4 rings (SSSR count). The Labute approximate surface area is 191 Å². The number of methoxy groups -OCH3 is 2. The molecule has 164 valence electrons. The van der Waals surface area contributed by atoms with Gasteiger partial charge in [-0.05, 0) is 48.9 Å². The van der Waals surface area contributed by atoms with Crippen molar-refractivity contribution >= 4 is 29.3 Å². The van der Waals surface area contributed by atoms with E-state index in [1.165, 1.54) is 4.90 Å². The molecule has 2 aromatic rings. The molecule has 7 nitrogen and oxygen atoms in total. The fourth-order valence-electron chi connectivity index (χ4n) is 3.78. The predicted octanol–water partition coefficient (Wildman–Crippen LogP) is 3.74. The number of hydrogen-bond donors (Lipinski definition) is 1. The van der Waals surface area contributed by atoms with Crippen molar-refractivity contribution in [2.24, 2.45) is 4.99 Å². The van der Waals surface area contributed by atoms with Crippen LogP contribution in [-0.2, 0) is 11.2 Å². The Morgan fingerprint density at radius 2 is 1.97 bits per heavy atom. The number of carbonyl (C=O) groups excluding carboxylic acids is 2. The SMILES string of the molecule is COc1ccc(OC)c(CC2(NC(=O)c3ccccc3Cl)N=C3C(C)=CC=CN3C2=O)c1. The number of hydrogen-bond acceptors (Lipinski definition) is 5. The Hall–Kier alpha value is -3.58. The van der Waals surface area contributed by atoms with Gasteiger partial charge >= 0.3 is 0 Å². The van der Waals surface area contributed by atoms with E-state index in [0.29, 0.717) is 22.9 Å². The molecule has 1 N–H and O–H groups in total. The van der Waals surface area contributed by atoms with Crippen molar-refractivity contribution in [2.45, 2.75) is 19.0 Å². The fourth-order valence-corrected chi connectivity index (χ4v) is 4.00. The highest BCUT2D eigenvalue weighted by atomic mass is 35.5. The number of allylic oxidation sites excluding steroid dienone is 2. The number of benzene rings is 2. The third-order valence-corrected chi connectivity index (χ3v) is 5.73. The topological polar surface area (TPSA) is 80.2 Å². The number of aliphatic imine (C=N–C) groups is 1. The fraction of sp³-hybridized carbons (Fsp3) is 0.208. The molecular weight excluding hydrogens is 430 g/mol. The quantitative estimate of drug-likeness (QED) is 0.725. The van der Waals surface area contributed by atoms with Gasteiger partial charge in [-0.1, -0.05) is 29.8 Å². The lowest BCUT2D eigenvalue weighted by atomic mass is 9.97. The third-order valence-electron chi connectivity index (χ3n) is 5.40. The maximum absolute atomic E-state index is 13.6.